The van der Waals surface area contributed by atoms with E-state index in [2.05, 4.69) is 4.98 Å². The molecule has 0 unspecified atom stereocenters. The molecule has 2 aromatic heterocycles. The number of hydrogen-bond acceptors (Lipinski definition) is 5. The smallest absolute Gasteiger partial charge is 0.305 e. The summed E-state index contributed by atoms with van der Waals surface area (Å²) in [6.07, 6.45) is 4.40. The van der Waals surface area contributed by atoms with E-state index >= 15 is 0 Å². The number of benzene rings is 1. The van der Waals surface area contributed by atoms with E-state index < -0.39 is 24.6 Å². The number of carboxylic acids is 1. The highest BCUT2D eigenvalue weighted by Gasteiger charge is 2.25. The van der Waals surface area contributed by atoms with Crippen molar-refractivity contribution in [3.63, 3.8) is 0 Å². The van der Waals surface area contributed by atoms with Gasteiger partial charge in [-0.25, -0.2) is 4.39 Å². The molecule has 4 N–H and O–H groups in total. The highest BCUT2D eigenvalue weighted by molar-refractivity contribution is 5.85. The Morgan fingerprint density at radius 3 is 2.59 bits per heavy atom. The summed E-state index contributed by atoms with van der Waals surface area (Å²) in [7, 11) is 0. The van der Waals surface area contributed by atoms with E-state index in [0.717, 1.165) is 57.6 Å². The normalized spacial score (nSPS) is 14.8. The fourth-order valence-corrected chi connectivity index (χ4v) is 4.92. The van der Waals surface area contributed by atoms with Gasteiger partial charge in [0.05, 0.1) is 30.0 Å². The Kier molecular flexibility index (Phi) is 8.00. The average molecular weight is 507 g/mol. The Bertz CT molecular complexity index is 1380. The van der Waals surface area contributed by atoms with Crippen molar-refractivity contribution in [3.05, 3.63) is 81.2 Å². The van der Waals surface area contributed by atoms with Gasteiger partial charge in [-0.15, -0.1) is 0 Å². The minimum Gasteiger partial charge on any atom is -0.481 e. The third-order valence-electron chi connectivity index (χ3n) is 6.59. The molecule has 0 radical (unpaired) electrons. The maximum Gasteiger partial charge on any atom is 0.305 e. The van der Waals surface area contributed by atoms with Crippen molar-refractivity contribution < 1.29 is 24.5 Å². The Labute approximate surface area is 214 Å². The first kappa shape index (κ1) is 26.4. The van der Waals surface area contributed by atoms with Crippen LogP contribution in [-0.4, -0.2) is 43.5 Å². The quantitative estimate of drug-likeness (QED) is 0.358. The van der Waals surface area contributed by atoms with Crippen LogP contribution in [-0.2, 0) is 17.6 Å². The number of rotatable bonds is 8. The molecular weight excluding hydrogens is 475 g/mol. The zero-order chi connectivity index (χ0) is 26.7. The molecule has 1 aliphatic carbocycles. The second-order valence-corrected chi connectivity index (χ2v) is 9.78. The summed E-state index contributed by atoms with van der Waals surface area (Å²) in [4.78, 5) is 30.7. The number of nitrogens with zero attached hydrogens (tertiary/aromatic N) is 1. The Morgan fingerprint density at radius 1 is 1.19 bits per heavy atom. The topological polar surface area (TPSA) is 124 Å². The van der Waals surface area contributed by atoms with Crippen LogP contribution >= 0.6 is 0 Å². The first-order chi connectivity index (χ1) is 17.6. The van der Waals surface area contributed by atoms with Gasteiger partial charge in [-0.05, 0) is 59.6 Å². The van der Waals surface area contributed by atoms with E-state index in [4.69, 9.17) is 10.1 Å². The van der Waals surface area contributed by atoms with E-state index in [1.807, 2.05) is 13.8 Å². The van der Waals surface area contributed by atoms with Crippen molar-refractivity contribution in [1.29, 1.82) is 0 Å². The number of carboxylic acid groups (broad SMARTS) is 1. The summed E-state index contributed by atoms with van der Waals surface area (Å²) in [6.45, 7) is 4.02. The van der Waals surface area contributed by atoms with E-state index in [-0.39, 0.29) is 23.7 Å². The Hall–Kier alpha value is -3.62. The largest absolute Gasteiger partial charge is 0.481 e. The average Bonchev–Trinajstić information content (AvgIpc) is 3.00. The summed E-state index contributed by atoms with van der Waals surface area (Å²) in [5.41, 5.74) is 6.61. The maximum absolute atomic E-state index is 13.9. The molecule has 194 valence electrons. The SMILES string of the molecule is CC(C)c1nc2c(c(-c3ccc(F)cc3)c1/C=C/[C@@H](O)C[C@@H](O)CC(=O)O)CCCc1cc(=O)[nH]cc1-2. The molecule has 2 atom stereocenters. The number of fused-ring (bicyclic) bond motifs is 3. The number of aliphatic hydroxyl groups is 2. The predicted octanol–water partition coefficient (Wildman–Crippen LogP) is 4.45. The third-order valence-corrected chi connectivity index (χ3v) is 6.59. The van der Waals surface area contributed by atoms with Gasteiger partial charge in [-0.3, -0.25) is 14.6 Å². The number of nitrogens with one attached hydrogen (secondary N) is 1. The van der Waals surface area contributed by atoms with Crippen molar-refractivity contribution in [1.82, 2.24) is 9.97 Å². The number of aliphatic hydroxyl groups excluding tert-OH is 2. The van der Waals surface area contributed by atoms with Crippen molar-refractivity contribution in [2.45, 2.75) is 64.1 Å². The van der Waals surface area contributed by atoms with Crippen LogP contribution in [0.5, 0.6) is 0 Å². The van der Waals surface area contributed by atoms with Gasteiger partial charge in [0.2, 0.25) is 5.56 Å². The molecular formula is C29H31FN2O5. The van der Waals surface area contributed by atoms with Gasteiger partial charge in [0, 0.05) is 29.8 Å². The van der Waals surface area contributed by atoms with Gasteiger partial charge in [-0.1, -0.05) is 38.1 Å². The molecule has 3 aromatic rings. The van der Waals surface area contributed by atoms with Crippen LogP contribution in [0.2, 0.25) is 0 Å². The van der Waals surface area contributed by atoms with Crippen molar-refractivity contribution in [2.24, 2.45) is 0 Å². The standard InChI is InChI=1S/C29H31FN2O5/c1-16(2)28-23(11-10-20(33)13-21(34)14-26(36)37)27(17-6-8-19(30)9-7-17)22-5-3-4-18-12-25(35)31-15-24(18)29(22)32-28/h6-12,15-16,20-21,33-34H,3-5,13-14H2,1-2H3,(H,31,35)(H,36,37)/b11-10+/t20-,21-/m1/s1. The lowest BCUT2D eigenvalue weighted by atomic mass is 9.86. The third kappa shape index (κ3) is 6.03. The van der Waals surface area contributed by atoms with Crippen molar-refractivity contribution >= 4 is 12.0 Å². The molecule has 0 fully saturated rings. The zero-order valence-electron chi connectivity index (χ0n) is 20.9. The molecule has 0 spiro atoms. The highest BCUT2D eigenvalue weighted by Crippen LogP contribution is 2.41. The minimum atomic E-state index is -1.18. The van der Waals surface area contributed by atoms with Crippen LogP contribution in [0.3, 0.4) is 0 Å². The first-order valence-electron chi connectivity index (χ1n) is 12.4. The second kappa shape index (κ2) is 11.2. The van der Waals surface area contributed by atoms with Crippen LogP contribution in [0.15, 0.2) is 47.4 Å². The molecule has 1 aliphatic rings. The summed E-state index contributed by atoms with van der Waals surface area (Å²) < 4.78 is 13.9. The van der Waals surface area contributed by atoms with Gasteiger partial charge in [-0.2, -0.15) is 0 Å². The molecule has 0 aliphatic heterocycles. The molecule has 0 bridgehead atoms. The summed E-state index contributed by atoms with van der Waals surface area (Å²) >= 11 is 0. The van der Waals surface area contributed by atoms with E-state index in [0.29, 0.717) is 6.42 Å². The molecule has 1 aromatic carbocycles. The number of aliphatic carboxylic acids is 1. The number of aromatic nitrogens is 2. The number of aryl methyl sites for hydroxylation is 1. The Morgan fingerprint density at radius 2 is 1.92 bits per heavy atom. The maximum atomic E-state index is 13.9. The lowest BCUT2D eigenvalue weighted by Gasteiger charge is -2.22. The van der Waals surface area contributed by atoms with Gasteiger partial charge in [0.1, 0.15) is 5.82 Å². The molecule has 0 saturated heterocycles. The van der Waals surface area contributed by atoms with Crippen LogP contribution in [0.1, 0.15) is 61.4 Å². The summed E-state index contributed by atoms with van der Waals surface area (Å²) in [6, 6.07) is 7.87. The van der Waals surface area contributed by atoms with Crippen LogP contribution in [0.25, 0.3) is 28.5 Å². The summed E-state index contributed by atoms with van der Waals surface area (Å²) in [5.74, 6) is -1.50. The van der Waals surface area contributed by atoms with Crippen LogP contribution < -0.4 is 5.56 Å². The molecule has 7 nitrogen and oxygen atoms in total. The monoisotopic (exact) mass is 506 g/mol. The van der Waals surface area contributed by atoms with Gasteiger partial charge in [0.25, 0.3) is 0 Å². The van der Waals surface area contributed by atoms with Gasteiger partial charge >= 0.3 is 5.97 Å². The lowest BCUT2D eigenvalue weighted by Crippen LogP contribution is -2.19. The van der Waals surface area contributed by atoms with E-state index in [9.17, 15) is 24.2 Å². The fraction of sp³-hybridized carbons (Fsp3) is 0.345. The lowest BCUT2D eigenvalue weighted by molar-refractivity contribution is -0.139. The van der Waals surface area contributed by atoms with Crippen molar-refractivity contribution in [3.8, 4) is 22.4 Å². The summed E-state index contributed by atoms with van der Waals surface area (Å²) in [5, 5.41) is 29.4. The molecule has 2 heterocycles. The number of pyridine rings is 2. The Balaban J connectivity index is 1.92. The highest BCUT2D eigenvalue weighted by atomic mass is 19.1. The van der Waals surface area contributed by atoms with Gasteiger partial charge in [0.15, 0.2) is 0 Å². The second-order valence-electron chi connectivity index (χ2n) is 9.78. The van der Waals surface area contributed by atoms with Gasteiger partial charge < -0.3 is 20.3 Å². The molecule has 0 amide bonds. The number of H-pyrrole nitrogens is 1. The van der Waals surface area contributed by atoms with E-state index in [1.54, 1.807) is 30.5 Å². The van der Waals surface area contributed by atoms with Crippen LogP contribution in [0, 0.1) is 5.82 Å². The molecule has 4 rings (SSSR count). The molecule has 0 saturated carbocycles. The fourth-order valence-electron chi connectivity index (χ4n) is 4.92. The predicted molar refractivity (Wildman–Crippen MR) is 140 cm³/mol. The van der Waals surface area contributed by atoms with Crippen LogP contribution in [0.4, 0.5) is 4.39 Å². The van der Waals surface area contributed by atoms with E-state index in [1.165, 1.54) is 18.2 Å². The minimum absolute atomic E-state index is 0.00615. The number of hydrogen-bond donors (Lipinski definition) is 4. The first-order valence-corrected chi connectivity index (χ1v) is 12.4. The number of halogens is 1. The zero-order valence-corrected chi connectivity index (χ0v) is 20.9. The number of carbonyl (C=O) groups is 1. The molecule has 8 heteroatoms. The molecule has 37 heavy (non-hydrogen) atoms. The van der Waals surface area contributed by atoms with Crippen molar-refractivity contribution in [2.75, 3.05) is 0 Å². The number of aromatic amines is 1.